The van der Waals surface area contributed by atoms with Crippen molar-refractivity contribution in [2.24, 2.45) is 7.05 Å². The Morgan fingerprint density at radius 1 is 1.29 bits per heavy atom. The number of fused-ring (bicyclic) bond motifs is 1. The number of rotatable bonds is 3. The number of aryl methyl sites for hydroxylation is 2. The Labute approximate surface area is 170 Å². The fourth-order valence-corrected chi connectivity index (χ4v) is 5.47. The minimum absolute atomic E-state index is 0. The van der Waals surface area contributed by atoms with Gasteiger partial charge < -0.3 is 10.2 Å². The predicted octanol–water partition coefficient (Wildman–Crippen LogP) is 0.283. The summed E-state index contributed by atoms with van der Waals surface area (Å²) in [6, 6.07) is 1.58. The van der Waals surface area contributed by atoms with Crippen molar-refractivity contribution in [2.45, 2.75) is 30.7 Å². The standard InChI is InChI=1S/C17H24N6O3S.ClH/c1-12-15-8-14(9-19-17(15)21(2)20-12)27(25,26)22-6-3-4-13(11-22)23-7-5-18-10-16(23)24;/h8-9,13,18H,3-7,10-11H2,1-2H3;1H. The molecule has 1 N–H and O–H groups in total. The lowest BCUT2D eigenvalue weighted by molar-refractivity contribution is -0.135. The highest BCUT2D eigenvalue weighted by Gasteiger charge is 2.35. The first-order chi connectivity index (χ1) is 12.9. The number of pyridine rings is 1. The molecule has 0 radical (unpaired) electrons. The van der Waals surface area contributed by atoms with Crippen molar-refractivity contribution in [3.63, 3.8) is 0 Å². The smallest absolute Gasteiger partial charge is 0.244 e. The number of nitrogens with one attached hydrogen (secondary N) is 1. The zero-order valence-electron chi connectivity index (χ0n) is 16.0. The third-order valence-electron chi connectivity index (χ3n) is 5.40. The highest BCUT2D eigenvalue weighted by atomic mass is 35.5. The maximum absolute atomic E-state index is 13.2. The van der Waals surface area contributed by atoms with Gasteiger partial charge in [0.15, 0.2) is 5.65 Å². The van der Waals surface area contributed by atoms with Crippen molar-refractivity contribution >= 4 is 39.4 Å². The zero-order chi connectivity index (χ0) is 19.2. The molecule has 0 aromatic carbocycles. The Hall–Kier alpha value is -1.75. The average Bonchev–Trinajstić information content (AvgIpc) is 2.96. The van der Waals surface area contributed by atoms with Gasteiger partial charge in [-0.1, -0.05) is 0 Å². The lowest BCUT2D eigenvalue weighted by Crippen LogP contribution is -2.57. The molecule has 4 heterocycles. The van der Waals surface area contributed by atoms with Crippen LogP contribution in [0.15, 0.2) is 17.2 Å². The molecule has 0 saturated carbocycles. The SMILES string of the molecule is Cc1nn(C)c2ncc(S(=O)(=O)N3CCCC(N4CCNCC4=O)C3)cc12.Cl. The van der Waals surface area contributed by atoms with Gasteiger partial charge in [-0.05, 0) is 25.8 Å². The number of halogens is 1. The number of hydrogen-bond acceptors (Lipinski definition) is 6. The van der Waals surface area contributed by atoms with Crippen LogP contribution < -0.4 is 5.32 Å². The van der Waals surface area contributed by atoms with E-state index in [0.29, 0.717) is 31.8 Å². The van der Waals surface area contributed by atoms with Crippen LogP contribution in [0.5, 0.6) is 0 Å². The van der Waals surface area contributed by atoms with Crippen LogP contribution in [0.2, 0.25) is 0 Å². The summed E-state index contributed by atoms with van der Waals surface area (Å²) in [6.45, 7) is 4.33. The second-order valence-corrected chi connectivity index (χ2v) is 9.11. The van der Waals surface area contributed by atoms with Crippen molar-refractivity contribution in [3.8, 4) is 0 Å². The van der Waals surface area contributed by atoms with E-state index in [1.165, 1.54) is 10.5 Å². The van der Waals surface area contributed by atoms with Crippen molar-refractivity contribution in [1.82, 2.24) is 29.3 Å². The summed E-state index contributed by atoms with van der Waals surface area (Å²) in [6.07, 6.45) is 2.97. The van der Waals surface area contributed by atoms with E-state index in [4.69, 9.17) is 0 Å². The molecule has 1 atom stereocenters. The van der Waals surface area contributed by atoms with E-state index in [1.54, 1.807) is 17.8 Å². The number of sulfonamides is 1. The maximum atomic E-state index is 13.2. The summed E-state index contributed by atoms with van der Waals surface area (Å²) < 4.78 is 29.5. The quantitative estimate of drug-likeness (QED) is 0.753. The molecule has 28 heavy (non-hydrogen) atoms. The Balaban J connectivity index is 0.00000225. The number of piperidine rings is 1. The van der Waals surface area contributed by atoms with Crippen molar-refractivity contribution in [1.29, 1.82) is 0 Å². The molecule has 9 nitrogen and oxygen atoms in total. The molecule has 154 valence electrons. The molecule has 1 unspecified atom stereocenters. The summed E-state index contributed by atoms with van der Waals surface area (Å²) >= 11 is 0. The van der Waals surface area contributed by atoms with Crippen molar-refractivity contribution < 1.29 is 13.2 Å². The summed E-state index contributed by atoms with van der Waals surface area (Å²) in [5.41, 5.74) is 1.41. The third-order valence-corrected chi connectivity index (χ3v) is 7.23. The molecule has 2 fully saturated rings. The van der Waals surface area contributed by atoms with Gasteiger partial charge in [-0.3, -0.25) is 9.48 Å². The number of hydrogen-bond donors (Lipinski definition) is 1. The first-order valence-corrected chi connectivity index (χ1v) is 10.6. The van der Waals surface area contributed by atoms with Gasteiger partial charge in [0.25, 0.3) is 0 Å². The molecule has 0 bridgehead atoms. The lowest BCUT2D eigenvalue weighted by Gasteiger charge is -2.40. The number of carbonyl (C=O) groups excluding carboxylic acids is 1. The first kappa shape index (κ1) is 21.0. The Morgan fingerprint density at radius 2 is 2.07 bits per heavy atom. The van der Waals surface area contributed by atoms with Crippen LogP contribution in [0.3, 0.4) is 0 Å². The van der Waals surface area contributed by atoms with Crippen LogP contribution in [-0.4, -0.2) is 77.1 Å². The van der Waals surface area contributed by atoms with E-state index in [0.717, 1.165) is 30.5 Å². The van der Waals surface area contributed by atoms with Crippen molar-refractivity contribution in [2.75, 3.05) is 32.7 Å². The van der Waals surface area contributed by atoms with Crippen LogP contribution in [0.4, 0.5) is 0 Å². The van der Waals surface area contributed by atoms with E-state index < -0.39 is 10.0 Å². The fraction of sp³-hybridized carbons (Fsp3) is 0.588. The maximum Gasteiger partial charge on any atom is 0.244 e. The summed E-state index contributed by atoms with van der Waals surface area (Å²) in [5, 5.41) is 8.10. The second kappa shape index (κ2) is 7.94. The van der Waals surface area contributed by atoms with Gasteiger partial charge in [-0.25, -0.2) is 13.4 Å². The summed E-state index contributed by atoms with van der Waals surface area (Å²) in [4.78, 5) is 18.5. The summed E-state index contributed by atoms with van der Waals surface area (Å²) in [5.74, 6) is 0.0413. The zero-order valence-corrected chi connectivity index (χ0v) is 17.6. The van der Waals surface area contributed by atoms with Gasteiger partial charge in [-0.15, -0.1) is 12.4 Å². The Kier molecular flexibility index (Phi) is 5.95. The number of piperazine rings is 1. The monoisotopic (exact) mass is 428 g/mol. The van der Waals surface area contributed by atoms with Crippen LogP contribution in [0.25, 0.3) is 11.0 Å². The van der Waals surface area contributed by atoms with Gasteiger partial charge in [0.2, 0.25) is 15.9 Å². The average molecular weight is 429 g/mol. The Morgan fingerprint density at radius 3 is 2.82 bits per heavy atom. The topological polar surface area (TPSA) is 100 Å². The first-order valence-electron chi connectivity index (χ1n) is 9.17. The Bertz CT molecular complexity index is 992. The molecule has 2 aliphatic heterocycles. The molecule has 0 aliphatic carbocycles. The number of amides is 1. The predicted molar refractivity (Wildman–Crippen MR) is 107 cm³/mol. The highest BCUT2D eigenvalue weighted by Crippen LogP contribution is 2.26. The summed E-state index contributed by atoms with van der Waals surface area (Å²) in [7, 11) is -1.88. The molecule has 4 rings (SSSR count). The molecule has 2 aromatic heterocycles. The van der Waals surface area contributed by atoms with Gasteiger partial charge in [0.1, 0.15) is 4.90 Å². The highest BCUT2D eigenvalue weighted by molar-refractivity contribution is 7.89. The van der Waals surface area contributed by atoms with E-state index in [2.05, 4.69) is 15.4 Å². The molecular weight excluding hydrogens is 404 g/mol. The normalized spacial score (nSPS) is 21.7. The molecule has 2 saturated heterocycles. The van der Waals surface area contributed by atoms with Gasteiger partial charge in [0.05, 0.1) is 12.2 Å². The van der Waals surface area contributed by atoms with Gasteiger partial charge in [-0.2, -0.15) is 9.40 Å². The third kappa shape index (κ3) is 3.61. The largest absolute Gasteiger partial charge is 0.336 e. The van der Waals surface area contributed by atoms with E-state index in [-0.39, 0.29) is 29.3 Å². The van der Waals surface area contributed by atoms with Gasteiger partial charge >= 0.3 is 0 Å². The minimum atomic E-state index is -3.67. The molecule has 1 amide bonds. The number of aromatic nitrogens is 3. The molecule has 2 aliphatic rings. The van der Waals surface area contributed by atoms with Crippen LogP contribution in [0, 0.1) is 6.92 Å². The van der Waals surface area contributed by atoms with E-state index in [1.807, 2.05) is 11.8 Å². The molecule has 0 spiro atoms. The lowest BCUT2D eigenvalue weighted by atomic mass is 10.1. The van der Waals surface area contributed by atoms with Crippen LogP contribution in [0.1, 0.15) is 18.5 Å². The van der Waals surface area contributed by atoms with Crippen LogP contribution in [-0.2, 0) is 21.9 Å². The fourth-order valence-electron chi connectivity index (χ4n) is 3.98. The minimum Gasteiger partial charge on any atom is -0.336 e. The van der Waals surface area contributed by atoms with Crippen LogP contribution >= 0.6 is 12.4 Å². The molecule has 11 heteroatoms. The van der Waals surface area contributed by atoms with Gasteiger partial charge in [0, 0.05) is 50.9 Å². The second-order valence-electron chi connectivity index (χ2n) is 7.17. The number of nitrogens with zero attached hydrogens (tertiary/aromatic N) is 5. The number of carbonyl (C=O) groups is 1. The molecular formula is C17H25ClN6O3S. The van der Waals surface area contributed by atoms with Crippen molar-refractivity contribution in [3.05, 3.63) is 18.0 Å². The van der Waals surface area contributed by atoms with E-state index >= 15 is 0 Å². The van der Waals surface area contributed by atoms with E-state index in [9.17, 15) is 13.2 Å². The molecule has 2 aromatic rings.